The monoisotopic (exact) mass is 320 g/mol. The van der Waals surface area contributed by atoms with Gasteiger partial charge in [0.25, 0.3) is 0 Å². The summed E-state index contributed by atoms with van der Waals surface area (Å²) < 4.78 is 11.4. The molecule has 2 aromatic carbocycles. The lowest BCUT2D eigenvalue weighted by atomic mass is 9.99. The van der Waals surface area contributed by atoms with Crippen LogP contribution in [0.3, 0.4) is 0 Å². The molecule has 19 heavy (non-hydrogen) atoms. The summed E-state index contributed by atoms with van der Waals surface area (Å²) in [5, 5.41) is 0. The van der Waals surface area contributed by atoms with Crippen molar-refractivity contribution in [3.8, 4) is 22.6 Å². The highest BCUT2D eigenvalue weighted by molar-refractivity contribution is 9.10. The summed E-state index contributed by atoms with van der Waals surface area (Å²) in [5.41, 5.74) is 2.30. The van der Waals surface area contributed by atoms with Gasteiger partial charge in [-0.05, 0) is 33.6 Å². The van der Waals surface area contributed by atoms with Gasteiger partial charge in [0.1, 0.15) is 16.0 Å². The molecule has 0 aliphatic rings. The molecular formula is C15H13BrO3. The molecule has 0 aliphatic heterocycles. The van der Waals surface area contributed by atoms with Gasteiger partial charge in [0.05, 0.1) is 14.2 Å². The lowest BCUT2D eigenvalue weighted by Crippen LogP contribution is -1.95. The zero-order valence-corrected chi connectivity index (χ0v) is 12.2. The molecule has 0 radical (unpaired) electrons. The van der Waals surface area contributed by atoms with Gasteiger partial charge in [0, 0.05) is 11.1 Å². The van der Waals surface area contributed by atoms with Crippen LogP contribution in [0.25, 0.3) is 11.1 Å². The number of aldehydes is 1. The lowest BCUT2D eigenvalue weighted by molar-refractivity contribution is 0.112. The van der Waals surface area contributed by atoms with Crippen LogP contribution < -0.4 is 9.47 Å². The maximum absolute atomic E-state index is 11.1. The Morgan fingerprint density at radius 3 is 2.37 bits per heavy atom. The fraction of sp³-hybridized carbons (Fsp3) is 0.133. The van der Waals surface area contributed by atoms with Gasteiger partial charge < -0.3 is 9.47 Å². The van der Waals surface area contributed by atoms with Crippen LogP contribution in [-0.4, -0.2) is 20.5 Å². The van der Waals surface area contributed by atoms with E-state index in [-0.39, 0.29) is 0 Å². The summed E-state index contributed by atoms with van der Waals surface area (Å²) in [7, 11) is 3.19. The second-order valence-corrected chi connectivity index (χ2v) is 4.66. The molecule has 2 aromatic rings. The zero-order chi connectivity index (χ0) is 13.8. The van der Waals surface area contributed by atoms with E-state index in [1.165, 1.54) is 0 Å². The Hall–Kier alpha value is -1.81. The first-order valence-corrected chi connectivity index (χ1v) is 6.47. The number of benzene rings is 2. The SMILES string of the molecule is COc1ccc(-c2ccccc2C=O)c(OC)c1Br. The molecule has 0 saturated heterocycles. The maximum atomic E-state index is 11.1. The summed E-state index contributed by atoms with van der Waals surface area (Å²) in [4.78, 5) is 11.1. The van der Waals surface area contributed by atoms with E-state index in [2.05, 4.69) is 15.9 Å². The number of hydrogen-bond acceptors (Lipinski definition) is 3. The van der Waals surface area contributed by atoms with Crippen LogP contribution in [0.2, 0.25) is 0 Å². The number of hydrogen-bond donors (Lipinski definition) is 0. The minimum Gasteiger partial charge on any atom is -0.495 e. The first kappa shape index (κ1) is 13.6. The van der Waals surface area contributed by atoms with E-state index < -0.39 is 0 Å². The number of rotatable bonds is 4. The van der Waals surface area contributed by atoms with Gasteiger partial charge in [-0.15, -0.1) is 0 Å². The normalized spacial score (nSPS) is 10.1. The molecule has 0 bridgehead atoms. The molecule has 0 heterocycles. The second kappa shape index (κ2) is 5.89. The van der Waals surface area contributed by atoms with E-state index in [4.69, 9.17) is 9.47 Å². The van der Waals surface area contributed by atoms with Gasteiger partial charge >= 0.3 is 0 Å². The zero-order valence-electron chi connectivity index (χ0n) is 10.6. The van der Waals surface area contributed by atoms with Gasteiger partial charge in [-0.2, -0.15) is 0 Å². The van der Waals surface area contributed by atoms with Gasteiger partial charge in [0.15, 0.2) is 6.29 Å². The number of ether oxygens (including phenoxy) is 2. The first-order valence-electron chi connectivity index (χ1n) is 5.68. The summed E-state index contributed by atoms with van der Waals surface area (Å²) in [6, 6.07) is 11.1. The molecule has 3 nitrogen and oxygen atoms in total. The molecule has 0 aromatic heterocycles. The predicted octanol–water partition coefficient (Wildman–Crippen LogP) is 3.95. The van der Waals surface area contributed by atoms with Crippen molar-refractivity contribution in [2.75, 3.05) is 14.2 Å². The number of methoxy groups -OCH3 is 2. The van der Waals surface area contributed by atoms with Crippen molar-refractivity contribution >= 4 is 22.2 Å². The topological polar surface area (TPSA) is 35.5 Å². The highest BCUT2D eigenvalue weighted by Crippen LogP contribution is 2.42. The van der Waals surface area contributed by atoms with E-state index in [9.17, 15) is 4.79 Å². The smallest absolute Gasteiger partial charge is 0.150 e. The Balaban J connectivity index is 2.69. The van der Waals surface area contributed by atoms with E-state index in [0.29, 0.717) is 17.1 Å². The van der Waals surface area contributed by atoms with Gasteiger partial charge in [-0.1, -0.05) is 24.3 Å². The van der Waals surface area contributed by atoms with Crippen LogP contribution in [0, 0.1) is 0 Å². The van der Waals surface area contributed by atoms with Gasteiger partial charge in [0.2, 0.25) is 0 Å². The lowest BCUT2D eigenvalue weighted by Gasteiger charge is -2.14. The van der Waals surface area contributed by atoms with Crippen LogP contribution >= 0.6 is 15.9 Å². The van der Waals surface area contributed by atoms with Crippen molar-refractivity contribution in [2.45, 2.75) is 0 Å². The summed E-state index contributed by atoms with van der Waals surface area (Å²) >= 11 is 3.46. The molecule has 98 valence electrons. The molecule has 0 saturated carbocycles. The molecule has 0 unspecified atom stereocenters. The minimum atomic E-state index is 0.623. The maximum Gasteiger partial charge on any atom is 0.150 e. The van der Waals surface area contributed by atoms with E-state index in [1.54, 1.807) is 20.3 Å². The van der Waals surface area contributed by atoms with Crippen molar-refractivity contribution in [1.82, 2.24) is 0 Å². The van der Waals surface area contributed by atoms with Crippen LogP contribution in [0.15, 0.2) is 40.9 Å². The quantitative estimate of drug-likeness (QED) is 0.800. The molecular weight excluding hydrogens is 308 g/mol. The van der Waals surface area contributed by atoms with E-state index in [1.807, 2.05) is 30.3 Å². The number of carbonyl (C=O) groups excluding carboxylic acids is 1. The molecule has 0 N–H and O–H groups in total. The van der Waals surface area contributed by atoms with Crippen LogP contribution in [-0.2, 0) is 0 Å². The summed E-state index contributed by atoms with van der Waals surface area (Å²) in [5.74, 6) is 1.33. The molecule has 0 amide bonds. The molecule has 0 atom stereocenters. The van der Waals surface area contributed by atoms with Crippen molar-refractivity contribution in [2.24, 2.45) is 0 Å². The van der Waals surface area contributed by atoms with Crippen molar-refractivity contribution in [3.05, 3.63) is 46.4 Å². The first-order chi connectivity index (χ1) is 9.22. The number of halogens is 1. The third kappa shape index (κ3) is 2.49. The molecule has 0 aliphatic carbocycles. The van der Waals surface area contributed by atoms with Crippen LogP contribution in [0.4, 0.5) is 0 Å². The summed E-state index contributed by atoms with van der Waals surface area (Å²) in [6.07, 6.45) is 0.840. The van der Waals surface area contributed by atoms with Crippen molar-refractivity contribution < 1.29 is 14.3 Å². The highest BCUT2D eigenvalue weighted by Gasteiger charge is 2.15. The van der Waals surface area contributed by atoms with E-state index in [0.717, 1.165) is 21.9 Å². The highest BCUT2D eigenvalue weighted by atomic mass is 79.9. The largest absolute Gasteiger partial charge is 0.495 e. The Morgan fingerprint density at radius 1 is 1.00 bits per heavy atom. The third-order valence-electron chi connectivity index (χ3n) is 2.86. The molecule has 2 rings (SSSR count). The van der Waals surface area contributed by atoms with E-state index >= 15 is 0 Å². The Bertz CT molecular complexity index is 608. The third-order valence-corrected chi connectivity index (χ3v) is 3.61. The molecule has 0 spiro atoms. The second-order valence-electron chi connectivity index (χ2n) is 3.87. The minimum absolute atomic E-state index is 0.623. The fourth-order valence-corrected chi connectivity index (χ4v) is 2.62. The van der Waals surface area contributed by atoms with Crippen LogP contribution in [0.1, 0.15) is 10.4 Å². The molecule has 4 heteroatoms. The average Bonchev–Trinajstić information content (AvgIpc) is 2.46. The number of carbonyl (C=O) groups is 1. The van der Waals surface area contributed by atoms with Gasteiger partial charge in [-0.25, -0.2) is 0 Å². The Labute approximate surface area is 120 Å². The summed E-state index contributed by atoms with van der Waals surface area (Å²) in [6.45, 7) is 0. The Morgan fingerprint density at radius 2 is 1.74 bits per heavy atom. The van der Waals surface area contributed by atoms with Gasteiger partial charge in [-0.3, -0.25) is 4.79 Å². The predicted molar refractivity (Wildman–Crippen MR) is 78.1 cm³/mol. The fourth-order valence-electron chi connectivity index (χ4n) is 1.95. The van der Waals surface area contributed by atoms with Crippen molar-refractivity contribution in [1.29, 1.82) is 0 Å². The standard InChI is InChI=1S/C15H13BrO3/c1-18-13-8-7-12(15(19-2)14(13)16)11-6-4-3-5-10(11)9-17/h3-9H,1-2H3. The Kier molecular flexibility index (Phi) is 4.22. The van der Waals surface area contributed by atoms with Crippen LogP contribution in [0.5, 0.6) is 11.5 Å². The van der Waals surface area contributed by atoms with Crippen molar-refractivity contribution in [3.63, 3.8) is 0 Å². The molecule has 0 fully saturated rings. The average molecular weight is 321 g/mol.